The molecule has 0 atom stereocenters. The fourth-order valence-electron chi connectivity index (χ4n) is 1.92. The smallest absolute Gasteiger partial charge is 0.0947 e. The van der Waals surface area contributed by atoms with Crippen molar-refractivity contribution < 1.29 is 4.42 Å². The predicted octanol–water partition coefficient (Wildman–Crippen LogP) is 2.37. The van der Waals surface area contributed by atoms with E-state index in [4.69, 9.17) is 10.2 Å². The fourth-order valence-corrected chi connectivity index (χ4v) is 1.92. The summed E-state index contributed by atoms with van der Waals surface area (Å²) < 4.78 is 5.06. The Kier molecular flexibility index (Phi) is 3.96. The Labute approximate surface area is 102 Å². The highest BCUT2D eigenvalue weighted by molar-refractivity contribution is 5.23. The second kappa shape index (κ2) is 5.66. The maximum Gasteiger partial charge on any atom is 0.0947 e. The van der Waals surface area contributed by atoms with Gasteiger partial charge in [-0.25, -0.2) is 0 Å². The first-order chi connectivity index (χ1) is 8.28. The van der Waals surface area contributed by atoms with E-state index in [0.29, 0.717) is 6.54 Å². The molecule has 2 aromatic rings. The zero-order chi connectivity index (χ0) is 12.1. The predicted molar refractivity (Wildman–Crippen MR) is 68.2 cm³/mol. The van der Waals surface area contributed by atoms with Crippen molar-refractivity contribution in [2.45, 2.75) is 19.6 Å². The van der Waals surface area contributed by atoms with Gasteiger partial charge in [0, 0.05) is 25.2 Å². The number of hydrogen-bond donors (Lipinski definition) is 1. The van der Waals surface area contributed by atoms with Crippen molar-refractivity contribution >= 4 is 0 Å². The van der Waals surface area contributed by atoms with E-state index in [2.05, 4.69) is 36.2 Å². The van der Waals surface area contributed by atoms with Gasteiger partial charge in [0.25, 0.3) is 0 Å². The van der Waals surface area contributed by atoms with E-state index < -0.39 is 0 Å². The second-order valence-electron chi connectivity index (χ2n) is 4.33. The molecular formula is C14H18N2O. The minimum atomic E-state index is 0.597. The fraction of sp³-hybridized carbons (Fsp3) is 0.286. The SMILES string of the molecule is CN(Cc1ccoc1)Cc1cccc(CN)c1. The second-order valence-corrected chi connectivity index (χ2v) is 4.33. The van der Waals surface area contributed by atoms with E-state index in [1.807, 2.05) is 6.07 Å². The summed E-state index contributed by atoms with van der Waals surface area (Å²) in [5.41, 5.74) is 9.30. The molecule has 90 valence electrons. The molecule has 0 saturated carbocycles. The van der Waals surface area contributed by atoms with Crippen molar-refractivity contribution in [3.05, 3.63) is 59.5 Å². The lowest BCUT2D eigenvalue weighted by atomic mass is 10.1. The summed E-state index contributed by atoms with van der Waals surface area (Å²) in [4.78, 5) is 2.25. The summed E-state index contributed by atoms with van der Waals surface area (Å²) in [5, 5.41) is 0. The molecule has 0 fully saturated rings. The van der Waals surface area contributed by atoms with E-state index in [0.717, 1.165) is 13.1 Å². The molecule has 1 heterocycles. The van der Waals surface area contributed by atoms with Gasteiger partial charge in [-0.1, -0.05) is 24.3 Å². The maximum absolute atomic E-state index is 5.63. The van der Waals surface area contributed by atoms with Gasteiger partial charge in [-0.3, -0.25) is 4.90 Å². The van der Waals surface area contributed by atoms with Crippen LogP contribution in [0.4, 0.5) is 0 Å². The molecule has 0 bridgehead atoms. The van der Waals surface area contributed by atoms with Crippen LogP contribution in [0, 0.1) is 0 Å². The first-order valence-corrected chi connectivity index (χ1v) is 5.75. The van der Waals surface area contributed by atoms with E-state index in [-0.39, 0.29) is 0 Å². The van der Waals surface area contributed by atoms with E-state index in [1.165, 1.54) is 16.7 Å². The molecule has 0 saturated heterocycles. The molecule has 2 N–H and O–H groups in total. The molecule has 1 aromatic heterocycles. The van der Waals surface area contributed by atoms with Crippen LogP contribution < -0.4 is 5.73 Å². The van der Waals surface area contributed by atoms with Gasteiger partial charge >= 0.3 is 0 Å². The van der Waals surface area contributed by atoms with Crippen molar-refractivity contribution in [1.29, 1.82) is 0 Å². The van der Waals surface area contributed by atoms with Crippen LogP contribution in [0.5, 0.6) is 0 Å². The highest BCUT2D eigenvalue weighted by Gasteiger charge is 2.03. The average Bonchev–Trinajstić information content (AvgIpc) is 2.82. The van der Waals surface area contributed by atoms with Crippen LogP contribution in [0.1, 0.15) is 16.7 Å². The zero-order valence-electron chi connectivity index (χ0n) is 10.1. The summed E-state index contributed by atoms with van der Waals surface area (Å²) >= 11 is 0. The normalized spacial score (nSPS) is 11.0. The molecule has 3 heteroatoms. The van der Waals surface area contributed by atoms with Gasteiger partial charge in [-0.2, -0.15) is 0 Å². The van der Waals surface area contributed by atoms with Crippen molar-refractivity contribution in [2.24, 2.45) is 5.73 Å². The Morgan fingerprint density at radius 1 is 1.12 bits per heavy atom. The third-order valence-electron chi connectivity index (χ3n) is 2.71. The van der Waals surface area contributed by atoms with Gasteiger partial charge in [0.2, 0.25) is 0 Å². The number of nitrogens with two attached hydrogens (primary N) is 1. The number of nitrogens with zero attached hydrogens (tertiary/aromatic N) is 1. The Morgan fingerprint density at radius 3 is 2.59 bits per heavy atom. The standard InChI is InChI=1S/C14H18N2O/c1-16(10-14-5-6-17-11-14)9-13-4-2-3-12(7-13)8-15/h2-7,11H,8-10,15H2,1H3. The molecule has 0 radical (unpaired) electrons. The van der Waals surface area contributed by atoms with Crippen molar-refractivity contribution in [3.8, 4) is 0 Å². The lowest BCUT2D eigenvalue weighted by Gasteiger charge is -2.16. The minimum Gasteiger partial charge on any atom is -0.472 e. The third kappa shape index (κ3) is 3.44. The number of hydrogen-bond acceptors (Lipinski definition) is 3. The molecule has 1 aromatic carbocycles. The number of rotatable bonds is 5. The first-order valence-electron chi connectivity index (χ1n) is 5.75. The molecule has 0 aliphatic rings. The van der Waals surface area contributed by atoms with Gasteiger partial charge in [0.05, 0.1) is 12.5 Å². The van der Waals surface area contributed by atoms with Crippen molar-refractivity contribution in [2.75, 3.05) is 7.05 Å². The molecule has 0 amide bonds. The van der Waals surface area contributed by atoms with Gasteiger partial charge in [0.15, 0.2) is 0 Å². The number of furan rings is 1. The zero-order valence-corrected chi connectivity index (χ0v) is 10.1. The van der Waals surface area contributed by atoms with Crippen molar-refractivity contribution in [1.82, 2.24) is 4.90 Å². The monoisotopic (exact) mass is 230 g/mol. The van der Waals surface area contributed by atoms with Crippen LogP contribution in [0.2, 0.25) is 0 Å². The first kappa shape index (κ1) is 11.9. The summed E-state index contributed by atoms with van der Waals surface area (Å²) in [5.74, 6) is 0. The number of benzene rings is 1. The summed E-state index contributed by atoms with van der Waals surface area (Å²) in [6.45, 7) is 2.40. The highest BCUT2D eigenvalue weighted by atomic mass is 16.3. The van der Waals surface area contributed by atoms with Gasteiger partial charge in [-0.15, -0.1) is 0 Å². The molecule has 3 nitrogen and oxygen atoms in total. The molecule has 0 aliphatic heterocycles. The van der Waals surface area contributed by atoms with Gasteiger partial charge in [-0.05, 0) is 24.2 Å². The minimum absolute atomic E-state index is 0.597. The largest absolute Gasteiger partial charge is 0.472 e. The quantitative estimate of drug-likeness (QED) is 0.857. The molecule has 17 heavy (non-hydrogen) atoms. The van der Waals surface area contributed by atoms with Crippen LogP contribution >= 0.6 is 0 Å². The summed E-state index contributed by atoms with van der Waals surface area (Å²) in [7, 11) is 2.10. The van der Waals surface area contributed by atoms with E-state index in [1.54, 1.807) is 12.5 Å². The lowest BCUT2D eigenvalue weighted by molar-refractivity contribution is 0.318. The Balaban J connectivity index is 1.95. The van der Waals surface area contributed by atoms with Crippen LogP contribution in [-0.2, 0) is 19.6 Å². The van der Waals surface area contributed by atoms with Crippen LogP contribution in [-0.4, -0.2) is 11.9 Å². The summed E-state index contributed by atoms with van der Waals surface area (Å²) in [6, 6.07) is 10.4. The molecule has 0 aliphatic carbocycles. The maximum atomic E-state index is 5.63. The Hall–Kier alpha value is -1.58. The van der Waals surface area contributed by atoms with Crippen molar-refractivity contribution in [3.63, 3.8) is 0 Å². The summed E-state index contributed by atoms with van der Waals surface area (Å²) in [6.07, 6.45) is 3.49. The Bertz CT molecular complexity index is 451. The Morgan fingerprint density at radius 2 is 1.88 bits per heavy atom. The average molecular weight is 230 g/mol. The lowest BCUT2D eigenvalue weighted by Crippen LogP contribution is -2.17. The van der Waals surface area contributed by atoms with Gasteiger partial charge in [0.1, 0.15) is 0 Å². The molecule has 0 spiro atoms. The van der Waals surface area contributed by atoms with Crippen LogP contribution in [0.15, 0.2) is 47.3 Å². The molecule has 2 rings (SSSR count). The highest BCUT2D eigenvalue weighted by Crippen LogP contribution is 2.10. The van der Waals surface area contributed by atoms with E-state index in [9.17, 15) is 0 Å². The molecule has 0 unspecified atom stereocenters. The third-order valence-corrected chi connectivity index (χ3v) is 2.71. The van der Waals surface area contributed by atoms with E-state index >= 15 is 0 Å². The molecular weight excluding hydrogens is 212 g/mol. The topological polar surface area (TPSA) is 42.4 Å². The van der Waals surface area contributed by atoms with Gasteiger partial charge < -0.3 is 10.2 Å². The van der Waals surface area contributed by atoms with Crippen LogP contribution in [0.3, 0.4) is 0 Å². The van der Waals surface area contributed by atoms with Crippen LogP contribution in [0.25, 0.3) is 0 Å².